The maximum atomic E-state index is 11.7. The number of rotatable bonds is 17. The molecule has 0 aromatic heterocycles. The summed E-state index contributed by atoms with van der Waals surface area (Å²) in [6, 6.07) is -1.11. The van der Waals surface area contributed by atoms with Crippen molar-refractivity contribution in [2.24, 2.45) is 0 Å². The lowest BCUT2D eigenvalue weighted by Gasteiger charge is -2.22. The number of aliphatic carboxylic acids is 1. The molecule has 16 heteroatoms. The second-order valence-electron chi connectivity index (χ2n) is 8.12. The van der Waals surface area contributed by atoms with Crippen LogP contribution >= 0.6 is 0 Å². The minimum atomic E-state index is -1.19. The van der Waals surface area contributed by atoms with Crippen LogP contribution in [0.25, 0.3) is 0 Å². The van der Waals surface area contributed by atoms with E-state index >= 15 is 0 Å². The van der Waals surface area contributed by atoms with E-state index < -0.39 is 46.7 Å². The number of amides is 2. The predicted octanol–water partition coefficient (Wildman–Crippen LogP) is 1.42. The molecule has 0 radical (unpaired) electrons. The number of hydrogen-bond acceptors (Lipinski definition) is 13. The topological polar surface area (TPSA) is 220 Å². The number of unbranched alkanes of at least 4 members (excludes halogenated alkanes) is 2. The summed E-state index contributed by atoms with van der Waals surface area (Å²) in [6.45, 7) is 4.91. The third-order valence-electron chi connectivity index (χ3n) is 3.95. The zero-order valence-corrected chi connectivity index (χ0v) is 19.5. The van der Waals surface area contributed by atoms with Crippen LogP contribution in [0.2, 0.25) is 0 Å². The van der Waals surface area contributed by atoms with Crippen molar-refractivity contribution in [2.75, 3.05) is 19.8 Å². The molecule has 0 aliphatic rings. The number of alkyl carbamates (subject to hydrolysis) is 2. The number of carboxylic acid groups (broad SMARTS) is 1. The van der Waals surface area contributed by atoms with Crippen molar-refractivity contribution < 1.29 is 59.5 Å². The van der Waals surface area contributed by atoms with Gasteiger partial charge in [-0.15, -0.1) is 0 Å². The number of hydrogen-bond donors (Lipinski definition) is 7. The fourth-order valence-electron chi connectivity index (χ4n) is 2.51. The van der Waals surface area contributed by atoms with Crippen LogP contribution < -0.4 is 10.6 Å². The normalized spacial score (nSPS) is 13.4. The lowest BCUT2D eigenvalue weighted by atomic mass is 10.1. The van der Waals surface area contributed by atoms with E-state index in [2.05, 4.69) is 20.3 Å². The molecule has 0 aliphatic carbocycles. The number of ether oxygens (including phenoxy) is 2. The molecule has 0 saturated carbocycles. The van der Waals surface area contributed by atoms with Crippen molar-refractivity contribution >= 4 is 18.2 Å². The van der Waals surface area contributed by atoms with Gasteiger partial charge in [0.15, 0.2) is 0 Å². The van der Waals surface area contributed by atoms with Gasteiger partial charge in [0.2, 0.25) is 0 Å². The Bertz CT molecular complexity index is 600. The van der Waals surface area contributed by atoms with Crippen LogP contribution in [0.1, 0.15) is 59.3 Å². The Kier molecular flexibility index (Phi) is 16.0. The van der Waals surface area contributed by atoms with Crippen molar-refractivity contribution in [3.8, 4) is 0 Å². The minimum Gasteiger partial charge on any atom is -0.480 e. The summed E-state index contributed by atoms with van der Waals surface area (Å²) in [4.78, 5) is 43.6. The van der Waals surface area contributed by atoms with Gasteiger partial charge >= 0.3 is 18.2 Å². The highest BCUT2D eigenvalue weighted by atomic mass is 17.1. The maximum Gasteiger partial charge on any atom is 0.408 e. The first-order valence-electron chi connectivity index (χ1n) is 10.6. The fraction of sp³-hybridized carbons (Fsp3) is 0.833. The molecule has 0 saturated heterocycles. The zero-order valence-electron chi connectivity index (χ0n) is 19.5. The average molecular weight is 501 g/mol. The summed E-state index contributed by atoms with van der Waals surface area (Å²) in [5.74, 6) is -1.19. The van der Waals surface area contributed by atoms with E-state index in [0.717, 1.165) is 0 Å². The lowest BCUT2D eigenvalue weighted by Crippen LogP contribution is -2.43. The highest BCUT2D eigenvalue weighted by Gasteiger charge is 2.23. The monoisotopic (exact) mass is 500 g/mol. The lowest BCUT2D eigenvalue weighted by molar-refractivity contribution is -0.527. The summed E-state index contributed by atoms with van der Waals surface area (Å²) in [7, 11) is 0. The Labute approximate surface area is 196 Å². The largest absolute Gasteiger partial charge is 0.480 e. The van der Waals surface area contributed by atoms with E-state index in [-0.39, 0.29) is 32.6 Å². The van der Waals surface area contributed by atoms with Gasteiger partial charge in [-0.25, -0.2) is 24.1 Å². The Morgan fingerprint density at radius 3 is 2.12 bits per heavy atom. The first kappa shape index (κ1) is 31.7. The van der Waals surface area contributed by atoms with E-state index in [9.17, 15) is 19.5 Å². The number of carbonyl (C=O) groups is 3. The second-order valence-corrected chi connectivity index (χ2v) is 8.12. The van der Waals surface area contributed by atoms with Gasteiger partial charge in [-0.1, -0.05) is 0 Å². The Balaban J connectivity index is 3.99. The molecule has 0 heterocycles. The van der Waals surface area contributed by atoms with Crippen LogP contribution in [0.3, 0.4) is 0 Å². The molecule has 2 atom stereocenters. The fourth-order valence-corrected chi connectivity index (χ4v) is 2.51. The molecular formula is C18H36N4O12. The van der Waals surface area contributed by atoms with Gasteiger partial charge in [0.25, 0.3) is 0 Å². The third-order valence-corrected chi connectivity index (χ3v) is 3.95. The van der Waals surface area contributed by atoms with Crippen molar-refractivity contribution in [1.29, 1.82) is 0 Å². The molecule has 0 aromatic carbocycles. The summed E-state index contributed by atoms with van der Waals surface area (Å²) >= 11 is 0. The molecule has 0 aliphatic heterocycles. The molecule has 16 nitrogen and oxygen atoms in total. The first-order valence-corrected chi connectivity index (χ1v) is 10.6. The van der Waals surface area contributed by atoms with E-state index in [1.807, 2.05) is 0 Å². The van der Waals surface area contributed by atoms with Crippen molar-refractivity contribution in [3.63, 3.8) is 0 Å². The molecular weight excluding hydrogens is 464 g/mol. The Morgan fingerprint density at radius 1 is 0.912 bits per heavy atom. The van der Waals surface area contributed by atoms with Gasteiger partial charge in [-0.3, -0.25) is 20.8 Å². The molecule has 0 spiro atoms. The number of nitrogens with one attached hydrogen (secondary N) is 2. The Morgan fingerprint density at radius 2 is 1.56 bits per heavy atom. The van der Waals surface area contributed by atoms with Crippen molar-refractivity contribution in [3.05, 3.63) is 0 Å². The molecule has 34 heavy (non-hydrogen) atoms. The van der Waals surface area contributed by atoms with Crippen molar-refractivity contribution in [2.45, 2.75) is 77.0 Å². The summed E-state index contributed by atoms with van der Waals surface area (Å²) in [5.41, 5.74) is -0.747. The smallest absolute Gasteiger partial charge is 0.408 e. The average Bonchev–Trinajstić information content (AvgIpc) is 2.68. The van der Waals surface area contributed by atoms with Crippen LogP contribution in [0, 0.1) is 0 Å². The molecule has 2 amide bonds. The van der Waals surface area contributed by atoms with E-state index in [1.54, 1.807) is 20.8 Å². The minimum absolute atomic E-state index is 0.0639. The second kappa shape index (κ2) is 17.2. The van der Waals surface area contributed by atoms with E-state index in [1.165, 1.54) is 0 Å². The van der Waals surface area contributed by atoms with E-state index in [0.29, 0.717) is 25.7 Å². The summed E-state index contributed by atoms with van der Waals surface area (Å²) in [5, 5.41) is 47.3. The van der Waals surface area contributed by atoms with Crippen LogP contribution in [0.15, 0.2) is 0 Å². The molecule has 7 N–H and O–H groups in total. The molecule has 0 aromatic rings. The predicted molar refractivity (Wildman–Crippen MR) is 109 cm³/mol. The number of nitrogens with zero attached hydrogens (tertiary/aromatic N) is 2. The highest BCUT2D eigenvalue weighted by molar-refractivity contribution is 5.79. The third kappa shape index (κ3) is 19.2. The van der Waals surface area contributed by atoms with Gasteiger partial charge in [-0.2, -0.15) is 0 Å². The summed E-state index contributed by atoms with van der Waals surface area (Å²) < 4.78 is 10.0. The highest BCUT2D eigenvalue weighted by Crippen LogP contribution is 2.09. The number of carboxylic acids is 1. The molecule has 0 bridgehead atoms. The standard InChI is InChI=1S/C18H36N4O12/c1-18(2,3)33-17(26)20-14(15(23)24)9-4-6-10-19-16(25)31-11-7-5-8-13(34-22(29)30)12-32-21(27)28/h13-14,27-30H,4-12H2,1-3H3,(H,19,25)(H,20,26)(H,23,24). The molecule has 2 unspecified atom stereocenters. The van der Waals surface area contributed by atoms with Crippen LogP contribution in [0.4, 0.5) is 9.59 Å². The molecule has 0 rings (SSSR count). The van der Waals surface area contributed by atoms with E-state index in [4.69, 9.17) is 30.3 Å². The maximum absolute atomic E-state index is 11.7. The zero-order chi connectivity index (χ0) is 26.1. The van der Waals surface area contributed by atoms with Gasteiger partial charge in [0, 0.05) is 6.54 Å². The quantitative estimate of drug-likeness (QED) is 0.111. The van der Waals surface area contributed by atoms with Gasteiger partial charge in [0.05, 0.1) is 17.4 Å². The molecule has 0 fully saturated rings. The SMILES string of the molecule is CC(C)(C)OC(=O)NC(CCCCNC(=O)OCCCCC(CON(O)O)ON(O)O)C(=O)O. The molecule has 200 valence electrons. The van der Waals surface area contributed by atoms with Crippen LogP contribution in [-0.2, 0) is 23.9 Å². The summed E-state index contributed by atoms with van der Waals surface area (Å²) in [6.07, 6.45) is -0.311. The number of carbonyl (C=O) groups excluding carboxylic acids is 2. The van der Waals surface area contributed by atoms with Crippen molar-refractivity contribution in [1.82, 2.24) is 21.4 Å². The first-order chi connectivity index (χ1) is 15.8. The van der Waals surface area contributed by atoms with Crippen LogP contribution in [-0.4, -0.2) is 92.4 Å². The Hall–Kier alpha value is -2.31. The van der Waals surface area contributed by atoms with Gasteiger partial charge < -0.3 is 25.2 Å². The van der Waals surface area contributed by atoms with Crippen LogP contribution in [0.5, 0.6) is 0 Å². The van der Waals surface area contributed by atoms with Gasteiger partial charge in [0.1, 0.15) is 24.4 Å². The van der Waals surface area contributed by atoms with Gasteiger partial charge in [-0.05, 0) is 59.3 Å².